The minimum atomic E-state index is -4.86. The van der Waals surface area contributed by atoms with Gasteiger partial charge in [0.25, 0.3) is 5.91 Å². The molecule has 1 aliphatic carbocycles. The lowest BCUT2D eigenvalue weighted by atomic mass is 9.75. The van der Waals surface area contributed by atoms with Gasteiger partial charge in [-0.15, -0.1) is 13.2 Å². The van der Waals surface area contributed by atoms with E-state index in [-0.39, 0.29) is 11.7 Å². The summed E-state index contributed by atoms with van der Waals surface area (Å²) in [5, 5.41) is 0. The van der Waals surface area contributed by atoms with E-state index in [9.17, 15) is 22.8 Å². The number of carbonyl (C=O) groups excluding carboxylic acids is 2. The Labute approximate surface area is 247 Å². The number of ether oxygens (including phenoxy) is 2. The van der Waals surface area contributed by atoms with Crippen molar-refractivity contribution in [2.45, 2.75) is 102 Å². The van der Waals surface area contributed by atoms with Gasteiger partial charge in [0.15, 0.2) is 0 Å². The smallest absolute Gasteiger partial charge is 0.442 e. The molecule has 1 spiro atoms. The number of hydrogen-bond donors (Lipinski definition) is 0. The van der Waals surface area contributed by atoms with Gasteiger partial charge in [-0.25, -0.2) is 4.79 Å². The van der Waals surface area contributed by atoms with Gasteiger partial charge in [0.2, 0.25) is 0 Å². The van der Waals surface area contributed by atoms with E-state index in [1.54, 1.807) is 11.0 Å². The molecule has 10 heteroatoms. The van der Waals surface area contributed by atoms with Crippen molar-refractivity contribution in [3.8, 4) is 5.75 Å². The van der Waals surface area contributed by atoms with Gasteiger partial charge >= 0.3 is 12.5 Å². The van der Waals surface area contributed by atoms with Gasteiger partial charge in [0, 0.05) is 64.1 Å². The molecule has 0 radical (unpaired) electrons. The number of hydrogen-bond acceptors (Lipinski definition) is 5. The first-order valence-corrected chi connectivity index (χ1v) is 16.0. The van der Waals surface area contributed by atoms with Crippen LogP contribution in [0.1, 0.15) is 94.3 Å². The quantitative estimate of drug-likeness (QED) is 0.330. The van der Waals surface area contributed by atoms with Crippen LogP contribution in [0.3, 0.4) is 0 Å². The lowest BCUT2D eigenvalue weighted by Gasteiger charge is -2.52. The summed E-state index contributed by atoms with van der Waals surface area (Å²) in [4.78, 5) is 32.4. The minimum absolute atomic E-state index is 0.0667. The van der Waals surface area contributed by atoms with E-state index >= 15 is 0 Å². The van der Waals surface area contributed by atoms with Crippen molar-refractivity contribution in [2.24, 2.45) is 11.8 Å². The summed E-state index contributed by atoms with van der Waals surface area (Å²) in [5.41, 5.74) is -0.465. The molecule has 1 saturated carbocycles. The molecule has 1 aromatic rings. The number of piperidine rings is 2. The molecular weight excluding hydrogens is 547 g/mol. The molecule has 1 aromatic carbocycles. The number of unbranched alkanes of at least 4 members (excludes halogenated alkanes) is 1. The van der Waals surface area contributed by atoms with E-state index in [2.05, 4.69) is 16.6 Å². The van der Waals surface area contributed by atoms with Crippen molar-refractivity contribution < 1.29 is 32.2 Å². The Bertz CT molecular complexity index is 1060. The number of alkyl halides is 3. The summed E-state index contributed by atoms with van der Waals surface area (Å²) in [6.45, 7) is 6.50. The molecule has 1 unspecified atom stereocenters. The first-order valence-electron chi connectivity index (χ1n) is 16.0. The van der Waals surface area contributed by atoms with Crippen LogP contribution < -0.4 is 4.74 Å². The van der Waals surface area contributed by atoms with Crippen molar-refractivity contribution in [3.05, 3.63) is 29.8 Å². The highest BCUT2D eigenvalue weighted by atomic mass is 19.4. The number of likely N-dealkylation sites (tertiary alicyclic amines) is 2. The molecule has 4 fully saturated rings. The normalized spacial score (nSPS) is 24.6. The highest BCUT2D eigenvalue weighted by Crippen LogP contribution is 2.42. The standard InChI is InChI=1S/C32H46F3N3O4/c1-2-3-11-25-23-38(22-24-9-5-4-6-10-24)30(40)42-31(25)16-20-36(21-17-31)26-14-18-37(19-15-26)29(39)27-12-7-8-13-28(27)41-32(33,34)35/h7-8,12-13,24-26H,2-6,9-11,14-23H2,1H3. The van der Waals surface area contributed by atoms with Crippen LogP contribution in [0.4, 0.5) is 18.0 Å². The maximum absolute atomic E-state index is 13.2. The molecular formula is C32H46F3N3O4. The van der Waals surface area contributed by atoms with Crippen LogP contribution in [-0.4, -0.2) is 84.0 Å². The van der Waals surface area contributed by atoms with Crippen LogP contribution in [0.25, 0.3) is 0 Å². The van der Waals surface area contributed by atoms with Gasteiger partial charge in [-0.05, 0) is 50.2 Å². The fraction of sp³-hybridized carbons (Fsp3) is 0.750. The molecule has 4 aliphatic rings. The number of para-hydroxylation sites is 1. The topological polar surface area (TPSA) is 62.3 Å². The highest BCUT2D eigenvalue weighted by Gasteiger charge is 2.50. The number of benzene rings is 1. The third-order valence-electron chi connectivity index (χ3n) is 10.1. The third-order valence-corrected chi connectivity index (χ3v) is 10.1. The molecule has 3 aliphatic heterocycles. The van der Waals surface area contributed by atoms with Crippen LogP contribution in [-0.2, 0) is 4.74 Å². The molecule has 234 valence electrons. The van der Waals surface area contributed by atoms with Crippen molar-refractivity contribution in [2.75, 3.05) is 39.3 Å². The zero-order valence-corrected chi connectivity index (χ0v) is 24.9. The molecule has 7 nitrogen and oxygen atoms in total. The van der Waals surface area contributed by atoms with Gasteiger partial charge in [-0.3, -0.25) is 9.69 Å². The molecule has 3 saturated heterocycles. The van der Waals surface area contributed by atoms with E-state index < -0.39 is 23.6 Å². The van der Waals surface area contributed by atoms with E-state index in [1.807, 2.05) is 4.90 Å². The van der Waals surface area contributed by atoms with Gasteiger partial charge in [-0.1, -0.05) is 51.2 Å². The minimum Gasteiger partial charge on any atom is -0.442 e. The summed E-state index contributed by atoms with van der Waals surface area (Å²) in [7, 11) is 0. The summed E-state index contributed by atoms with van der Waals surface area (Å²) in [6.07, 6.45) is 7.76. The van der Waals surface area contributed by atoms with Crippen LogP contribution in [0.5, 0.6) is 5.75 Å². The maximum atomic E-state index is 13.2. The number of nitrogens with zero attached hydrogens (tertiary/aromatic N) is 3. The van der Waals surface area contributed by atoms with Crippen molar-refractivity contribution in [1.82, 2.24) is 14.7 Å². The predicted octanol–water partition coefficient (Wildman–Crippen LogP) is 6.86. The van der Waals surface area contributed by atoms with E-state index in [1.165, 1.54) is 50.3 Å². The molecule has 5 rings (SSSR count). The first kappa shape index (κ1) is 31.0. The second-order valence-corrected chi connectivity index (χ2v) is 12.8. The second-order valence-electron chi connectivity index (χ2n) is 12.8. The van der Waals surface area contributed by atoms with E-state index in [0.717, 1.165) is 71.1 Å². The number of amides is 2. The molecule has 3 heterocycles. The Balaban J connectivity index is 1.15. The Hall–Kier alpha value is -2.49. The van der Waals surface area contributed by atoms with Gasteiger partial charge in [0.05, 0.1) is 5.56 Å². The summed E-state index contributed by atoms with van der Waals surface area (Å²) >= 11 is 0. The Morgan fingerprint density at radius 1 is 1.02 bits per heavy atom. The fourth-order valence-corrected chi connectivity index (χ4v) is 7.70. The van der Waals surface area contributed by atoms with Crippen molar-refractivity contribution in [1.29, 1.82) is 0 Å². The predicted molar refractivity (Wildman–Crippen MR) is 153 cm³/mol. The summed E-state index contributed by atoms with van der Waals surface area (Å²) in [5.74, 6) is 0.0451. The van der Waals surface area contributed by atoms with Crippen LogP contribution in [0, 0.1) is 11.8 Å². The Morgan fingerprint density at radius 2 is 1.71 bits per heavy atom. The zero-order valence-electron chi connectivity index (χ0n) is 24.9. The maximum Gasteiger partial charge on any atom is 0.573 e. The average Bonchev–Trinajstić information content (AvgIpc) is 2.98. The highest BCUT2D eigenvalue weighted by molar-refractivity contribution is 5.97. The molecule has 2 amide bonds. The molecule has 0 aromatic heterocycles. The largest absolute Gasteiger partial charge is 0.573 e. The summed E-state index contributed by atoms with van der Waals surface area (Å²) < 4.78 is 49.0. The van der Waals surface area contributed by atoms with Gasteiger partial charge in [-0.2, -0.15) is 0 Å². The lowest BCUT2D eigenvalue weighted by molar-refractivity contribution is -0.274. The van der Waals surface area contributed by atoms with Crippen LogP contribution in [0.15, 0.2) is 24.3 Å². The number of carbonyl (C=O) groups is 2. The third kappa shape index (κ3) is 7.34. The van der Waals surface area contributed by atoms with Crippen LogP contribution >= 0.6 is 0 Å². The van der Waals surface area contributed by atoms with E-state index in [4.69, 9.17) is 4.74 Å². The molecule has 1 atom stereocenters. The lowest BCUT2D eigenvalue weighted by Crippen LogP contribution is -2.61. The number of rotatable bonds is 8. The van der Waals surface area contributed by atoms with Gasteiger partial charge in [0.1, 0.15) is 11.4 Å². The summed E-state index contributed by atoms with van der Waals surface area (Å²) in [6, 6.07) is 5.84. The monoisotopic (exact) mass is 593 g/mol. The molecule has 0 N–H and O–H groups in total. The first-order chi connectivity index (χ1) is 20.2. The Kier molecular flexibility index (Phi) is 9.90. The average molecular weight is 594 g/mol. The van der Waals surface area contributed by atoms with E-state index in [0.29, 0.717) is 31.0 Å². The number of halogens is 3. The fourth-order valence-electron chi connectivity index (χ4n) is 7.70. The second kappa shape index (κ2) is 13.4. The van der Waals surface area contributed by atoms with Gasteiger partial charge < -0.3 is 19.3 Å². The van der Waals surface area contributed by atoms with Crippen molar-refractivity contribution >= 4 is 12.0 Å². The zero-order chi connectivity index (χ0) is 29.7. The SMILES string of the molecule is CCCCC1CN(CC2CCCCC2)C(=O)OC12CCN(C1CCN(C(=O)c3ccccc3OC(F)(F)F)CC1)CC2. The molecule has 0 bridgehead atoms. The van der Waals surface area contributed by atoms with Crippen molar-refractivity contribution in [3.63, 3.8) is 0 Å². The van der Waals surface area contributed by atoms with Crippen LogP contribution in [0.2, 0.25) is 0 Å². The molecule has 42 heavy (non-hydrogen) atoms. The Morgan fingerprint density at radius 3 is 2.38 bits per heavy atom.